The standard InChI is InChI=1S/C23H23N3O5S/c1-4-10-25(11-5-2)20(27)15-32-23-24-19-13-16(22(29)30-3)8-9-18(19)21(28)26(23)14-17-7-6-12-31-17/h4-9,12-13H,1-2,10-11,14-15H2,3H3. The molecule has 1 amide bonds. The summed E-state index contributed by atoms with van der Waals surface area (Å²) in [5.74, 6) is -0.0269. The second-order valence-corrected chi connectivity index (χ2v) is 7.70. The lowest BCUT2D eigenvalue weighted by Gasteiger charge is -2.19. The van der Waals surface area contributed by atoms with Gasteiger partial charge in [0.05, 0.1) is 42.1 Å². The molecule has 3 aromatic rings. The molecule has 3 rings (SSSR count). The zero-order valence-corrected chi connectivity index (χ0v) is 18.5. The smallest absolute Gasteiger partial charge is 0.337 e. The highest BCUT2D eigenvalue weighted by Crippen LogP contribution is 2.21. The van der Waals surface area contributed by atoms with E-state index < -0.39 is 5.97 Å². The fourth-order valence-corrected chi connectivity index (χ4v) is 3.96. The Bertz CT molecular complexity index is 1190. The minimum absolute atomic E-state index is 0.0640. The minimum Gasteiger partial charge on any atom is -0.467 e. The highest BCUT2D eigenvalue weighted by molar-refractivity contribution is 7.99. The van der Waals surface area contributed by atoms with Gasteiger partial charge in [0.25, 0.3) is 5.56 Å². The van der Waals surface area contributed by atoms with Crippen LogP contribution in [0.3, 0.4) is 0 Å². The van der Waals surface area contributed by atoms with Crippen LogP contribution in [-0.4, -0.2) is 52.3 Å². The normalized spacial score (nSPS) is 10.7. The van der Waals surface area contributed by atoms with Gasteiger partial charge in [0.2, 0.25) is 5.91 Å². The van der Waals surface area contributed by atoms with Crippen LogP contribution in [0.15, 0.2) is 76.3 Å². The molecule has 0 N–H and O–H groups in total. The molecule has 0 unspecified atom stereocenters. The molecule has 1 aromatic carbocycles. The quantitative estimate of drug-likeness (QED) is 0.201. The first-order valence-electron chi connectivity index (χ1n) is 9.76. The Morgan fingerprint density at radius 1 is 1.25 bits per heavy atom. The van der Waals surface area contributed by atoms with E-state index in [4.69, 9.17) is 9.15 Å². The lowest BCUT2D eigenvalue weighted by atomic mass is 10.1. The van der Waals surface area contributed by atoms with Crippen molar-refractivity contribution in [3.05, 3.63) is 83.6 Å². The molecule has 2 aromatic heterocycles. The van der Waals surface area contributed by atoms with E-state index in [0.717, 1.165) is 11.8 Å². The first kappa shape index (κ1) is 23.1. The number of nitrogens with zero attached hydrogens (tertiary/aromatic N) is 3. The second kappa shape index (κ2) is 10.6. The molecule has 8 nitrogen and oxygen atoms in total. The summed E-state index contributed by atoms with van der Waals surface area (Å²) in [6, 6.07) is 8.06. The maximum absolute atomic E-state index is 13.2. The summed E-state index contributed by atoms with van der Waals surface area (Å²) in [6.07, 6.45) is 4.80. The number of thioether (sulfide) groups is 1. The van der Waals surface area contributed by atoms with Crippen LogP contribution in [0.4, 0.5) is 0 Å². The number of ether oxygens (including phenoxy) is 1. The molecule has 0 bridgehead atoms. The molecule has 0 aliphatic heterocycles. The van der Waals surface area contributed by atoms with Gasteiger partial charge in [0.15, 0.2) is 5.16 Å². The van der Waals surface area contributed by atoms with Gasteiger partial charge in [-0.15, -0.1) is 13.2 Å². The van der Waals surface area contributed by atoms with Crippen LogP contribution in [0.25, 0.3) is 10.9 Å². The first-order valence-corrected chi connectivity index (χ1v) is 10.7. The van der Waals surface area contributed by atoms with E-state index in [1.807, 2.05) is 0 Å². The van der Waals surface area contributed by atoms with E-state index >= 15 is 0 Å². The summed E-state index contributed by atoms with van der Waals surface area (Å²) in [5.41, 5.74) is 0.329. The van der Waals surface area contributed by atoms with Crippen molar-refractivity contribution in [3.63, 3.8) is 0 Å². The second-order valence-electron chi connectivity index (χ2n) is 6.75. The zero-order chi connectivity index (χ0) is 23.1. The number of fused-ring (bicyclic) bond motifs is 1. The molecule has 0 radical (unpaired) electrons. The van der Waals surface area contributed by atoms with Gasteiger partial charge in [-0.3, -0.25) is 14.2 Å². The Labute approximate surface area is 189 Å². The van der Waals surface area contributed by atoms with Crippen LogP contribution in [0.1, 0.15) is 16.1 Å². The Morgan fingerprint density at radius 3 is 2.62 bits per heavy atom. The van der Waals surface area contributed by atoms with Gasteiger partial charge in [-0.1, -0.05) is 23.9 Å². The molecule has 0 aliphatic carbocycles. The van der Waals surface area contributed by atoms with Crippen LogP contribution in [0, 0.1) is 0 Å². The zero-order valence-electron chi connectivity index (χ0n) is 17.7. The number of methoxy groups -OCH3 is 1. The Hall–Kier alpha value is -3.59. The van der Waals surface area contributed by atoms with E-state index in [9.17, 15) is 14.4 Å². The van der Waals surface area contributed by atoms with Crippen molar-refractivity contribution >= 4 is 34.5 Å². The molecule has 2 heterocycles. The fraction of sp³-hybridized carbons (Fsp3) is 0.217. The number of esters is 1. The maximum atomic E-state index is 13.2. The molecule has 9 heteroatoms. The number of rotatable bonds is 10. The third-order valence-electron chi connectivity index (χ3n) is 4.61. The number of hydrogen-bond donors (Lipinski definition) is 0. The van der Waals surface area contributed by atoms with Gasteiger partial charge in [0.1, 0.15) is 5.76 Å². The Morgan fingerprint density at radius 2 is 2.00 bits per heavy atom. The largest absolute Gasteiger partial charge is 0.467 e. The number of carbonyl (C=O) groups is 2. The number of benzene rings is 1. The lowest BCUT2D eigenvalue weighted by Crippen LogP contribution is -2.33. The number of hydrogen-bond acceptors (Lipinski definition) is 7. The highest BCUT2D eigenvalue weighted by Gasteiger charge is 2.18. The van der Waals surface area contributed by atoms with Crippen LogP contribution >= 0.6 is 11.8 Å². The average Bonchev–Trinajstić information content (AvgIpc) is 3.31. The number of carbonyl (C=O) groups excluding carboxylic acids is 2. The summed E-state index contributed by atoms with van der Waals surface area (Å²) < 4.78 is 11.6. The van der Waals surface area contributed by atoms with Gasteiger partial charge in [-0.05, 0) is 30.3 Å². The van der Waals surface area contributed by atoms with Crippen molar-refractivity contribution in [2.45, 2.75) is 11.7 Å². The molecule has 0 spiro atoms. The van der Waals surface area contributed by atoms with Crippen molar-refractivity contribution in [1.29, 1.82) is 0 Å². The topological polar surface area (TPSA) is 94.6 Å². The third-order valence-corrected chi connectivity index (χ3v) is 5.57. The van der Waals surface area contributed by atoms with Crippen molar-refractivity contribution in [1.82, 2.24) is 14.5 Å². The molecule has 0 atom stereocenters. The van der Waals surface area contributed by atoms with Crippen molar-refractivity contribution < 1.29 is 18.7 Å². The minimum atomic E-state index is -0.526. The fourth-order valence-electron chi connectivity index (χ4n) is 3.06. The molecular formula is C23H23N3O5S. The summed E-state index contributed by atoms with van der Waals surface area (Å²) in [6.45, 7) is 8.28. The Balaban J connectivity index is 2.01. The average molecular weight is 454 g/mol. The molecule has 0 aliphatic rings. The molecular weight excluding hydrogens is 430 g/mol. The van der Waals surface area contributed by atoms with Crippen LogP contribution in [0.2, 0.25) is 0 Å². The molecule has 0 saturated heterocycles. The maximum Gasteiger partial charge on any atom is 0.337 e. The molecule has 166 valence electrons. The molecule has 0 fully saturated rings. The van der Waals surface area contributed by atoms with E-state index in [-0.39, 0.29) is 29.3 Å². The van der Waals surface area contributed by atoms with Gasteiger partial charge >= 0.3 is 5.97 Å². The SMILES string of the molecule is C=CCN(CC=C)C(=O)CSc1nc2cc(C(=O)OC)ccc2c(=O)n1Cc1ccco1. The van der Waals surface area contributed by atoms with Gasteiger partial charge in [0, 0.05) is 13.1 Å². The Kier molecular flexibility index (Phi) is 7.67. The van der Waals surface area contributed by atoms with Crippen molar-refractivity contribution in [2.75, 3.05) is 26.0 Å². The first-order chi connectivity index (χ1) is 15.5. The monoisotopic (exact) mass is 453 g/mol. The van der Waals surface area contributed by atoms with E-state index in [1.165, 1.54) is 30.1 Å². The number of aromatic nitrogens is 2. The predicted molar refractivity (Wildman–Crippen MR) is 123 cm³/mol. The van der Waals surface area contributed by atoms with Gasteiger partial charge in [-0.25, -0.2) is 9.78 Å². The molecule has 0 saturated carbocycles. The van der Waals surface area contributed by atoms with E-state index in [0.29, 0.717) is 34.9 Å². The predicted octanol–water partition coefficient (Wildman–Crippen LogP) is 3.12. The summed E-state index contributed by atoms with van der Waals surface area (Å²) in [5, 5.41) is 0.686. The number of amides is 1. The third kappa shape index (κ3) is 5.17. The van der Waals surface area contributed by atoms with Crippen molar-refractivity contribution in [3.8, 4) is 0 Å². The summed E-state index contributed by atoms with van der Waals surface area (Å²) >= 11 is 1.14. The van der Waals surface area contributed by atoms with E-state index in [1.54, 1.807) is 35.3 Å². The van der Waals surface area contributed by atoms with Gasteiger partial charge in [-0.2, -0.15) is 0 Å². The highest BCUT2D eigenvalue weighted by atomic mass is 32.2. The van der Waals surface area contributed by atoms with Crippen LogP contribution in [0.5, 0.6) is 0 Å². The van der Waals surface area contributed by atoms with E-state index in [2.05, 4.69) is 18.1 Å². The lowest BCUT2D eigenvalue weighted by molar-refractivity contribution is -0.127. The summed E-state index contributed by atoms with van der Waals surface area (Å²) in [7, 11) is 1.28. The number of furan rings is 1. The molecule has 32 heavy (non-hydrogen) atoms. The van der Waals surface area contributed by atoms with Crippen LogP contribution < -0.4 is 5.56 Å². The summed E-state index contributed by atoms with van der Waals surface area (Å²) in [4.78, 5) is 44.0. The van der Waals surface area contributed by atoms with Crippen LogP contribution in [-0.2, 0) is 16.1 Å². The van der Waals surface area contributed by atoms with Gasteiger partial charge < -0.3 is 14.1 Å². The van der Waals surface area contributed by atoms with Crippen molar-refractivity contribution in [2.24, 2.45) is 0 Å².